The number of carboxylic acid groups (broad SMARTS) is 1. The summed E-state index contributed by atoms with van der Waals surface area (Å²) >= 11 is 0. The molecule has 3 atom stereocenters. The minimum atomic E-state index is -0.806. The van der Waals surface area contributed by atoms with Crippen LogP contribution in [0.2, 0.25) is 0 Å². The molecule has 15 heavy (non-hydrogen) atoms. The molecule has 84 valence electrons. The number of nitrogens with zero attached hydrogens (tertiary/aromatic N) is 1. The predicted molar refractivity (Wildman–Crippen MR) is 54.6 cm³/mol. The minimum Gasteiger partial charge on any atom is -0.505 e. The largest absolute Gasteiger partial charge is 0.505 e. The van der Waals surface area contributed by atoms with Crippen molar-refractivity contribution in [3.8, 4) is 0 Å². The Bertz CT molecular complexity index is 280. The van der Waals surface area contributed by atoms with Crippen molar-refractivity contribution >= 4 is 6.09 Å². The Morgan fingerprint density at radius 1 is 1.60 bits per heavy atom. The van der Waals surface area contributed by atoms with Crippen LogP contribution in [0.3, 0.4) is 0 Å². The maximum atomic E-state index is 11.1. The lowest BCUT2D eigenvalue weighted by atomic mass is 10.1. The zero-order valence-electron chi connectivity index (χ0n) is 8.72. The number of rotatable bonds is 2. The summed E-state index contributed by atoms with van der Waals surface area (Å²) in [6.45, 7) is 0.738. The van der Waals surface area contributed by atoms with Crippen molar-refractivity contribution in [3.63, 3.8) is 0 Å². The molecule has 1 amide bonds. The van der Waals surface area contributed by atoms with Crippen LogP contribution in [0.15, 0.2) is 12.3 Å². The van der Waals surface area contributed by atoms with Gasteiger partial charge in [0, 0.05) is 18.6 Å². The summed E-state index contributed by atoms with van der Waals surface area (Å²) < 4.78 is 4.86. The molecule has 0 aromatic rings. The first-order valence-electron chi connectivity index (χ1n) is 5.18. The third kappa shape index (κ3) is 1.79. The van der Waals surface area contributed by atoms with E-state index in [1.165, 1.54) is 0 Å². The molecule has 2 rings (SSSR count). The molecule has 0 saturated carbocycles. The van der Waals surface area contributed by atoms with Gasteiger partial charge in [0.15, 0.2) is 0 Å². The first-order chi connectivity index (χ1) is 7.24. The highest BCUT2D eigenvalue weighted by Crippen LogP contribution is 2.30. The maximum Gasteiger partial charge on any atom is 0.407 e. The quantitative estimate of drug-likeness (QED) is 0.659. The molecule has 0 aromatic carbocycles. The fraction of sp³-hybridized carbons (Fsp3) is 0.700. The van der Waals surface area contributed by atoms with Crippen molar-refractivity contribution in [2.45, 2.75) is 31.0 Å². The molecule has 0 spiro atoms. The molecule has 0 aromatic heterocycles. The lowest BCUT2D eigenvalue weighted by Gasteiger charge is -2.37. The molecule has 0 radical (unpaired) electrons. The summed E-state index contributed by atoms with van der Waals surface area (Å²) in [7, 11) is 1.59. The number of nitrogens with one attached hydrogen (secondary N) is 1. The fourth-order valence-electron chi connectivity index (χ4n) is 2.53. The van der Waals surface area contributed by atoms with Crippen LogP contribution in [0, 0.1) is 0 Å². The molecule has 2 fully saturated rings. The number of piperazine rings is 1. The Labute approximate surface area is 88.7 Å². The summed E-state index contributed by atoms with van der Waals surface area (Å²) in [5, 5.41) is 12.4. The zero-order chi connectivity index (χ0) is 10.8. The molecular formula is C10H16N2O3. The normalized spacial score (nSPS) is 34.7. The van der Waals surface area contributed by atoms with E-state index < -0.39 is 6.09 Å². The third-order valence-corrected chi connectivity index (χ3v) is 3.19. The molecule has 0 unspecified atom stereocenters. The fourth-order valence-corrected chi connectivity index (χ4v) is 2.53. The van der Waals surface area contributed by atoms with Crippen LogP contribution in [-0.4, -0.2) is 47.9 Å². The summed E-state index contributed by atoms with van der Waals surface area (Å²) in [6, 6.07) is 0.298. The van der Waals surface area contributed by atoms with E-state index in [4.69, 9.17) is 9.84 Å². The molecule has 2 aliphatic rings. The van der Waals surface area contributed by atoms with E-state index in [-0.39, 0.29) is 18.1 Å². The van der Waals surface area contributed by atoms with E-state index in [0.29, 0.717) is 0 Å². The Morgan fingerprint density at radius 3 is 3.07 bits per heavy atom. The topological polar surface area (TPSA) is 61.8 Å². The lowest BCUT2D eigenvalue weighted by Crippen LogP contribution is -2.58. The average molecular weight is 212 g/mol. The van der Waals surface area contributed by atoms with Crippen molar-refractivity contribution < 1.29 is 14.6 Å². The third-order valence-electron chi connectivity index (χ3n) is 3.19. The van der Waals surface area contributed by atoms with Gasteiger partial charge in [-0.1, -0.05) is 0 Å². The second-order valence-electron chi connectivity index (χ2n) is 3.99. The summed E-state index contributed by atoms with van der Waals surface area (Å²) in [4.78, 5) is 12.7. The maximum absolute atomic E-state index is 11.1. The highest BCUT2D eigenvalue weighted by molar-refractivity contribution is 5.67. The Kier molecular flexibility index (Phi) is 2.81. The monoisotopic (exact) mass is 212 g/mol. The minimum absolute atomic E-state index is 0.0626. The number of ether oxygens (including phenoxy) is 1. The van der Waals surface area contributed by atoms with Crippen molar-refractivity contribution in [2.24, 2.45) is 0 Å². The molecule has 2 aliphatic heterocycles. The highest BCUT2D eigenvalue weighted by atomic mass is 16.5. The number of methoxy groups -OCH3 is 1. The Hall–Kier alpha value is -1.23. The van der Waals surface area contributed by atoms with Crippen LogP contribution in [-0.2, 0) is 4.74 Å². The number of fused-ring (bicyclic) bond motifs is 2. The van der Waals surface area contributed by atoms with Gasteiger partial charge >= 0.3 is 6.09 Å². The van der Waals surface area contributed by atoms with Crippen LogP contribution in [0.1, 0.15) is 12.8 Å². The zero-order valence-corrected chi connectivity index (χ0v) is 8.72. The number of hydrogen-bond acceptors (Lipinski definition) is 3. The molecular weight excluding hydrogens is 196 g/mol. The van der Waals surface area contributed by atoms with Crippen LogP contribution in [0.25, 0.3) is 0 Å². The number of amides is 1. The van der Waals surface area contributed by atoms with Gasteiger partial charge in [-0.3, -0.25) is 4.90 Å². The van der Waals surface area contributed by atoms with Crippen molar-refractivity contribution in [1.29, 1.82) is 0 Å². The first kappa shape index (κ1) is 10.3. The summed E-state index contributed by atoms with van der Waals surface area (Å²) in [5.74, 6) is 0. The van der Waals surface area contributed by atoms with Gasteiger partial charge in [-0.25, -0.2) is 4.79 Å². The van der Waals surface area contributed by atoms with Gasteiger partial charge in [-0.2, -0.15) is 0 Å². The van der Waals surface area contributed by atoms with Gasteiger partial charge in [0.05, 0.1) is 19.4 Å². The smallest absolute Gasteiger partial charge is 0.407 e. The van der Waals surface area contributed by atoms with Crippen molar-refractivity contribution in [3.05, 3.63) is 12.3 Å². The summed E-state index contributed by atoms with van der Waals surface area (Å²) in [6.07, 6.45) is 4.59. The molecule has 2 heterocycles. The van der Waals surface area contributed by atoms with Crippen LogP contribution in [0.4, 0.5) is 4.79 Å². The van der Waals surface area contributed by atoms with E-state index in [1.54, 1.807) is 18.3 Å². The van der Waals surface area contributed by atoms with E-state index in [9.17, 15) is 4.79 Å². The molecule has 0 aliphatic carbocycles. The molecule has 5 nitrogen and oxygen atoms in total. The second kappa shape index (κ2) is 4.10. The molecule has 2 bridgehead atoms. The van der Waals surface area contributed by atoms with E-state index in [0.717, 1.165) is 19.4 Å². The van der Waals surface area contributed by atoms with Gasteiger partial charge < -0.3 is 15.2 Å². The molecule has 2 saturated heterocycles. The van der Waals surface area contributed by atoms with E-state index in [2.05, 4.69) is 5.32 Å². The average Bonchev–Trinajstić information content (AvgIpc) is 2.53. The first-order valence-corrected chi connectivity index (χ1v) is 5.18. The van der Waals surface area contributed by atoms with Gasteiger partial charge in [0.2, 0.25) is 0 Å². The molecule has 2 N–H and O–H groups in total. The summed E-state index contributed by atoms with van der Waals surface area (Å²) in [5.41, 5.74) is 0. The van der Waals surface area contributed by atoms with Gasteiger partial charge in [-0.15, -0.1) is 0 Å². The standard InChI is InChI=1S/C10H16N2O3/c1-15-5-4-8-9-3-2-7(6-11-8)12(9)10(13)14/h4-5,7-9,11H,2-3,6H2,1H3,(H,13,14)/t7-,8+,9+/m1/s1. The van der Waals surface area contributed by atoms with Crippen LogP contribution < -0.4 is 5.32 Å². The SMILES string of the molecule is COC=C[C@@H]1NC[C@H]2CC[C@@H]1N2C(=O)O. The van der Waals surface area contributed by atoms with Crippen molar-refractivity contribution in [2.75, 3.05) is 13.7 Å². The van der Waals surface area contributed by atoms with E-state index >= 15 is 0 Å². The number of hydrogen-bond donors (Lipinski definition) is 2. The van der Waals surface area contributed by atoms with Gasteiger partial charge in [-0.05, 0) is 18.9 Å². The number of carbonyl (C=O) groups is 1. The second-order valence-corrected chi connectivity index (χ2v) is 3.99. The highest BCUT2D eigenvalue weighted by Gasteiger charge is 2.43. The molecule has 5 heteroatoms. The van der Waals surface area contributed by atoms with Crippen LogP contribution >= 0.6 is 0 Å². The van der Waals surface area contributed by atoms with E-state index in [1.807, 2.05) is 6.08 Å². The Balaban J connectivity index is 2.11. The lowest BCUT2D eigenvalue weighted by molar-refractivity contribution is 0.0985. The van der Waals surface area contributed by atoms with Crippen LogP contribution in [0.5, 0.6) is 0 Å². The van der Waals surface area contributed by atoms with Crippen molar-refractivity contribution in [1.82, 2.24) is 10.2 Å². The predicted octanol–water partition coefficient (Wildman–Crippen LogP) is 0.629. The Morgan fingerprint density at radius 2 is 2.40 bits per heavy atom. The van der Waals surface area contributed by atoms with Gasteiger partial charge in [0.1, 0.15) is 0 Å². The van der Waals surface area contributed by atoms with Gasteiger partial charge in [0.25, 0.3) is 0 Å².